The van der Waals surface area contributed by atoms with Crippen molar-refractivity contribution in [1.29, 1.82) is 0 Å². The average molecular weight is 714 g/mol. The zero-order valence-corrected chi connectivity index (χ0v) is 29.8. The SMILES string of the molecule is c1ccc2c(c1)oc1c(-c3ccc(N(c4cccc5c4oc4c5ccc5sc6ccccc6c54)c4cccc5c4sc4ccccc45)cc3)cccc12. The van der Waals surface area contributed by atoms with Crippen LogP contribution >= 0.6 is 22.7 Å². The topological polar surface area (TPSA) is 29.5 Å². The number of anilines is 3. The van der Waals surface area contributed by atoms with Gasteiger partial charge in [-0.3, -0.25) is 0 Å². The number of hydrogen-bond acceptors (Lipinski definition) is 5. The molecule has 0 aliphatic heterocycles. The molecule has 0 bridgehead atoms. The van der Waals surface area contributed by atoms with Gasteiger partial charge in [-0.2, -0.15) is 0 Å². The van der Waals surface area contributed by atoms with Gasteiger partial charge in [0.25, 0.3) is 0 Å². The van der Waals surface area contributed by atoms with E-state index >= 15 is 0 Å². The molecule has 3 nitrogen and oxygen atoms in total. The molecule has 4 aromatic heterocycles. The van der Waals surface area contributed by atoms with Gasteiger partial charge in [-0.25, -0.2) is 0 Å². The molecule has 53 heavy (non-hydrogen) atoms. The smallest absolute Gasteiger partial charge is 0.159 e. The number of furan rings is 2. The summed E-state index contributed by atoms with van der Waals surface area (Å²) in [6.07, 6.45) is 0. The van der Waals surface area contributed by atoms with Crippen LogP contribution in [0.2, 0.25) is 0 Å². The van der Waals surface area contributed by atoms with Crippen LogP contribution in [0.25, 0.3) is 95.3 Å². The Hall–Kier alpha value is -6.40. The van der Waals surface area contributed by atoms with E-state index in [2.05, 4.69) is 157 Å². The number of thiophene rings is 2. The Balaban J connectivity index is 1.11. The fourth-order valence-electron chi connectivity index (χ4n) is 8.31. The van der Waals surface area contributed by atoms with E-state index in [0.29, 0.717) is 0 Å². The van der Waals surface area contributed by atoms with Crippen LogP contribution in [-0.2, 0) is 0 Å². The summed E-state index contributed by atoms with van der Waals surface area (Å²) in [7, 11) is 0. The maximum Gasteiger partial charge on any atom is 0.159 e. The molecule has 0 amide bonds. The third kappa shape index (κ3) is 4.20. The summed E-state index contributed by atoms with van der Waals surface area (Å²) in [5.74, 6) is 0. The molecule has 0 aliphatic carbocycles. The first-order chi connectivity index (χ1) is 26.3. The van der Waals surface area contributed by atoms with Gasteiger partial charge < -0.3 is 13.7 Å². The maximum atomic E-state index is 7.08. The lowest BCUT2D eigenvalue weighted by Crippen LogP contribution is -2.10. The van der Waals surface area contributed by atoms with Crippen molar-refractivity contribution in [2.24, 2.45) is 0 Å². The summed E-state index contributed by atoms with van der Waals surface area (Å²) in [6, 6.07) is 58.6. The molecule has 12 rings (SSSR count). The molecular formula is C48H27NO2S2. The van der Waals surface area contributed by atoms with Gasteiger partial charge in [0, 0.05) is 68.4 Å². The second kappa shape index (κ2) is 11.1. The van der Waals surface area contributed by atoms with E-state index in [1.54, 1.807) is 0 Å². The van der Waals surface area contributed by atoms with Crippen molar-refractivity contribution in [3.05, 3.63) is 164 Å². The monoisotopic (exact) mass is 713 g/mol. The third-order valence-corrected chi connectivity index (χ3v) is 13.0. The van der Waals surface area contributed by atoms with Crippen molar-refractivity contribution in [2.75, 3.05) is 4.90 Å². The normalized spacial score (nSPS) is 12.2. The van der Waals surface area contributed by atoms with Gasteiger partial charge >= 0.3 is 0 Å². The van der Waals surface area contributed by atoms with Crippen LogP contribution in [-0.4, -0.2) is 0 Å². The van der Waals surface area contributed by atoms with E-state index in [1.807, 2.05) is 34.8 Å². The molecule has 0 unspecified atom stereocenters. The van der Waals surface area contributed by atoms with E-state index in [1.165, 1.54) is 40.3 Å². The third-order valence-electron chi connectivity index (χ3n) is 10.7. The molecule has 0 N–H and O–H groups in total. The van der Waals surface area contributed by atoms with Crippen molar-refractivity contribution in [3.8, 4) is 11.1 Å². The summed E-state index contributed by atoms with van der Waals surface area (Å²) >= 11 is 3.66. The van der Waals surface area contributed by atoms with Gasteiger partial charge in [-0.1, -0.05) is 109 Å². The first-order valence-corrected chi connectivity index (χ1v) is 19.4. The number of rotatable bonds is 4. The Morgan fingerprint density at radius 2 is 1.02 bits per heavy atom. The molecule has 0 saturated carbocycles. The van der Waals surface area contributed by atoms with Gasteiger partial charge in [0.1, 0.15) is 16.7 Å². The number of benzene rings is 8. The van der Waals surface area contributed by atoms with Crippen molar-refractivity contribution >= 4 is 124 Å². The van der Waals surface area contributed by atoms with Crippen molar-refractivity contribution in [3.63, 3.8) is 0 Å². The lowest BCUT2D eigenvalue weighted by atomic mass is 10.0. The lowest BCUT2D eigenvalue weighted by molar-refractivity contribution is 0.670. The predicted octanol–water partition coefficient (Wildman–Crippen LogP) is 15.4. The van der Waals surface area contributed by atoms with E-state index in [9.17, 15) is 0 Å². The van der Waals surface area contributed by atoms with Gasteiger partial charge in [-0.05, 0) is 60.2 Å². The van der Waals surface area contributed by atoms with Gasteiger partial charge in [0.2, 0.25) is 0 Å². The molecule has 0 radical (unpaired) electrons. The van der Waals surface area contributed by atoms with E-state index < -0.39 is 0 Å². The summed E-state index contributed by atoms with van der Waals surface area (Å²) in [5, 5.41) is 9.46. The molecule has 5 heteroatoms. The minimum absolute atomic E-state index is 0.875. The molecule has 4 heterocycles. The van der Waals surface area contributed by atoms with E-state index in [-0.39, 0.29) is 0 Å². The van der Waals surface area contributed by atoms with Crippen molar-refractivity contribution in [2.45, 2.75) is 0 Å². The average Bonchev–Trinajstić information content (AvgIpc) is 3.98. The van der Waals surface area contributed by atoms with Crippen LogP contribution in [0.15, 0.2) is 173 Å². The molecule has 0 spiro atoms. The van der Waals surface area contributed by atoms with Crippen molar-refractivity contribution < 1.29 is 8.83 Å². The molecular weight excluding hydrogens is 687 g/mol. The number of para-hydroxylation sites is 3. The highest BCUT2D eigenvalue weighted by molar-refractivity contribution is 7.26. The Kier molecular flexibility index (Phi) is 6.09. The number of nitrogens with zero attached hydrogens (tertiary/aromatic N) is 1. The Morgan fingerprint density at radius 3 is 1.87 bits per heavy atom. The number of fused-ring (bicyclic) bond motifs is 13. The molecule has 8 aromatic carbocycles. The van der Waals surface area contributed by atoms with Crippen LogP contribution in [0.4, 0.5) is 17.1 Å². The summed E-state index contributed by atoms with van der Waals surface area (Å²) in [6.45, 7) is 0. The minimum atomic E-state index is 0.875. The lowest BCUT2D eigenvalue weighted by Gasteiger charge is -2.26. The van der Waals surface area contributed by atoms with Crippen LogP contribution in [0.5, 0.6) is 0 Å². The van der Waals surface area contributed by atoms with Crippen LogP contribution in [0.3, 0.4) is 0 Å². The number of hydrogen-bond donors (Lipinski definition) is 0. The van der Waals surface area contributed by atoms with Crippen molar-refractivity contribution in [1.82, 2.24) is 0 Å². The Morgan fingerprint density at radius 1 is 0.377 bits per heavy atom. The molecule has 12 aromatic rings. The zero-order valence-electron chi connectivity index (χ0n) is 28.2. The maximum absolute atomic E-state index is 7.08. The fourth-order valence-corrected chi connectivity index (χ4v) is 10.6. The quantitative estimate of drug-likeness (QED) is 0.182. The predicted molar refractivity (Wildman–Crippen MR) is 227 cm³/mol. The minimum Gasteiger partial charge on any atom is -0.455 e. The summed E-state index contributed by atoms with van der Waals surface area (Å²) in [5.41, 5.74) is 8.99. The Bertz CT molecular complexity index is 3420. The largest absolute Gasteiger partial charge is 0.455 e. The van der Waals surface area contributed by atoms with E-state index in [4.69, 9.17) is 8.83 Å². The van der Waals surface area contributed by atoms with Crippen LogP contribution in [0, 0.1) is 0 Å². The van der Waals surface area contributed by atoms with Gasteiger partial charge in [0.15, 0.2) is 5.58 Å². The first kappa shape index (κ1) is 29.2. The molecule has 0 aliphatic rings. The summed E-state index contributed by atoms with van der Waals surface area (Å²) < 4.78 is 18.5. The molecule has 0 atom stereocenters. The van der Waals surface area contributed by atoms with E-state index in [0.717, 1.165) is 72.1 Å². The van der Waals surface area contributed by atoms with Crippen LogP contribution < -0.4 is 4.90 Å². The highest BCUT2D eigenvalue weighted by Gasteiger charge is 2.24. The zero-order chi connectivity index (χ0) is 34.6. The van der Waals surface area contributed by atoms with Gasteiger partial charge in [0.05, 0.1) is 16.1 Å². The Labute approximate surface area is 311 Å². The molecule has 0 fully saturated rings. The summed E-state index contributed by atoms with van der Waals surface area (Å²) in [4.78, 5) is 2.39. The molecule has 248 valence electrons. The fraction of sp³-hybridized carbons (Fsp3) is 0. The second-order valence-corrected chi connectivity index (χ2v) is 15.7. The highest BCUT2D eigenvalue weighted by atomic mass is 32.1. The standard InChI is InChI=1S/C48H27NO2S2/c1-4-19-40-31(10-1)33-14-7-13-30(45(33)50-40)28-22-24-29(25-23-28)49(39-18-9-16-36-32-11-2-5-20-41(32)53-48(36)39)38-17-8-15-34-35-26-27-43-44(47(35)51-46(34)38)37-12-3-6-21-42(37)52-43/h1-27H. The first-order valence-electron chi connectivity index (χ1n) is 17.7. The molecule has 0 saturated heterocycles. The van der Waals surface area contributed by atoms with Crippen LogP contribution in [0.1, 0.15) is 0 Å². The highest BCUT2D eigenvalue weighted by Crippen LogP contribution is 2.49. The van der Waals surface area contributed by atoms with Gasteiger partial charge in [-0.15, -0.1) is 22.7 Å². The second-order valence-electron chi connectivity index (χ2n) is 13.6.